The van der Waals surface area contributed by atoms with Gasteiger partial charge in [0.2, 0.25) is 0 Å². The zero-order valence-electron chi connectivity index (χ0n) is 11.8. The van der Waals surface area contributed by atoms with Gasteiger partial charge in [-0.1, -0.05) is 23.7 Å². The first-order chi connectivity index (χ1) is 10.1. The van der Waals surface area contributed by atoms with Crippen LogP contribution in [-0.2, 0) is 13.1 Å². The topological polar surface area (TPSA) is 57.9 Å². The highest BCUT2D eigenvalue weighted by Gasteiger charge is 2.07. The summed E-state index contributed by atoms with van der Waals surface area (Å²) in [6.07, 6.45) is 0. The summed E-state index contributed by atoms with van der Waals surface area (Å²) in [4.78, 5) is 10.1. The molecule has 0 unspecified atom stereocenters. The monoisotopic (exact) mass is 300 g/mol. The summed E-state index contributed by atoms with van der Waals surface area (Å²) in [5.74, 6) is 0.931. The average molecular weight is 301 g/mol. The molecule has 0 saturated heterocycles. The quantitative estimate of drug-likeness (QED) is 0.726. The van der Waals surface area contributed by atoms with Crippen molar-refractivity contribution >= 4 is 28.3 Å². The van der Waals surface area contributed by atoms with Gasteiger partial charge in [0.25, 0.3) is 0 Å². The molecule has 1 heterocycles. The lowest BCUT2D eigenvalue weighted by Gasteiger charge is -2.15. The van der Waals surface area contributed by atoms with Gasteiger partial charge in [0.1, 0.15) is 5.82 Å². The zero-order chi connectivity index (χ0) is 14.8. The number of nitrogens with two attached hydrogens (primary N) is 1. The zero-order valence-corrected chi connectivity index (χ0v) is 12.6. The van der Waals surface area contributed by atoms with Gasteiger partial charge in [-0.25, -0.2) is 4.98 Å². The molecule has 0 bridgehead atoms. The molecular weight excluding hydrogens is 284 g/mol. The van der Waals surface area contributed by atoms with E-state index in [0.29, 0.717) is 0 Å². The van der Waals surface area contributed by atoms with E-state index in [1.165, 1.54) is 5.56 Å². The molecule has 5 heteroatoms. The van der Waals surface area contributed by atoms with Crippen LogP contribution in [0.4, 0.5) is 5.69 Å². The van der Waals surface area contributed by atoms with Gasteiger partial charge in [0.15, 0.2) is 0 Å². The van der Waals surface area contributed by atoms with Crippen LogP contribution in [0.1, 0.15) is 11.4 Å². The van der Waals surface area contributed by atoms with E-state index in [2.05, 4.69) is 28.0 Å². The Morgan fingerprint density at radius 3 is 2.86 bits per heavy atom. The Hall–Kier alpha value is -2.04. The van der Waals surface area contributed by atoms with E-state index >= 15 is 0 Å². The Kier molecular flexibility index (Phi) is 3.82. The lowest BCUT2D eigenvalue weighted by Crippen LogP contribution is -2.18. The molecule has 0 saturated carbocycles. The number of rotatable bonds is 4. The number of anilines is 1. The van der Waals surface area contributed by atoms with Crippen molar-refractivity contribution in [1.29, 1.82) is 0 Å². The number of nitrogen functional groups attached to an aromatic ring is 1. The fourth-order valence-electron chi connectivity index (χ4n) is 2.41. The molecule has 0 spiro atoms. The number of benzene rings is 2. The molecule has 0 aliphatic heterocycles. The third-order valence-electron chi connectivity index (χ3n) is 3.32. The number of imidazole rings is 1. The van der Waals surface area contributed by atoms with Crippen LogP contribution in [0.2, 0.25) is 5.02 Å². The second-order valence-corrected chi connectivity index (χ2v) is 5.70. The molecular formula is C16H17ClN4. The Bertz CT molecular complexity index is 766. The third-order valence-corrected chi connectivity index (χ3v) is 3.55. The molecule has 0 aliphatic rings. The first-order valence-corrected chi connectivity index (χ1v) is 7.15. The number of aromatic nitrogens is 2. The van der Waals surface area contributed by atoms with Crippen LogP contribution in [0.15, 0.2) is 42.5 Å². The molecule has 2 aromatic carbocycles. The Balaban J connectivity index is 1.72. The lowest BCUT2D eigenvalue weighted by molar-refractivity contribution is 0.312. The van der Waals surface area contributed by atoms with E-state index in [-0.39, 0.29) is 0 Å². The van der Waals surface area contributed by atoms with Crippen LogP contribution in [0, 0.1) is 0 Å². The highest BCUT2D eigenvalue weighted by molar-refractivity contribution is 6.30. The highest BCUT2D eigenvalue weighted by Crippen LogP contribution is 2.17. The van der Waals surface area contributed by atoms with Crippen molar-refractivity contribution in [3.8, 4) is 0 Å². The molecule has 3 aromatic rings. The van der Waals surface area contributed by atoms with Crippen LogP contribution in [0.5, 0.6) is 0 Å². The Morgan fingerprint density at radius 1 is 1.19 bits per heavy atom. The molecule has 1 aromatic heterocycles. The van der Waals surface area contributed by atoms with E-state index in [1.807, 2.05) is 36.4 Å². The Labute approximate surface area is 128 Å². The highest BCUT2D eigenvalue weighted by atomic mass is 35.5. The summed E-state index contributed by atoms with van der Waals surface area (Å²) >= 11 is 6.01. The van der Waals surface area contributed by atoms with E-state index in [9.17, 15) is 0 Å². The van der Waals surface area contributed by atoms with Gasteiger partial charge in [0, 0.05) is 17.3 Å². The average Bonchev–Trinajstić information content (AvgIpc) is 2.79. The number of fused-ring (bicyclic) bond motifs is 1. The van der Waals surface area contributed by atoms with Gasteiger partial charge < -0.3 is 10.7 Å². The van der Waals surface area contributed by atoms with Gasteiger partial charge in [-0.15, -0.1) is 0 Å². The molecule has 0 amide bonds. The van der Waals surface area contributed by atoms with Crippen molar-refractivity contribution in [3.63, 3.8) is 0 Å². The number of hydrogen-bond donors (Lipinski definition) is 2. The minimum atomic E-state index is 0.737. The smallest absolute Gasteiger partial charge is 0.121 e. The molecule has 3 rings (SSSR count). The van der Waals surface area contributed by atoms with E-state index < -0.39 is 0 Å². The number of aromatic amines is 1. The van der Waals surface area contributed by atoms with Crippen molar-refractivity contribution in [2.45, 2.75) is 13.1 Å². The molecule has 3 N–H and O–H groups in total. The van der Waals surface area contributed by atoms with Crippen LogP contribution in [-0.4, -0.2) is 21.9 Å². The minimum absolute atomic E-state index is 0.737. The maximum absolute atomic E-state index is 6.01. The number of hydrogen-bond acceptors (Lipinski definition) is 3. The number of halogens is 1. The summed E-state index contributed by atoms with van der Waals surface area (Å²) in [7, 11) is 2.06. The van der Waals surface area contributed by atoms with Gasteiger partial charge in [-0.3, -0.25) is 4.90 Å². The summed E-state index contributed by atoms with van der Waals surface area (Å²) in [5.41, 5.74) is 9.62. The normalized spacial score (nSPS) is 11.4. The minimum Gasteiger partial charge on any atom is -0.399 e. The fraction of sp³-hybridized carbons (Fsp3) is 0.188. The largest absolute Gasteiger partial charge is 0.399 e. The van der Waals surface area contributed by atoms with Crippen molar-refractivity contribution in [1.82, 2.24) is 14.9 Å². The third kappa shape index (κ3) is 3.35. The predicted molar refractivity (Wildman–Crippen MR) is 87.1 cm³/mol. The van der Waals surface area contributed by atoms with Gasteiger partial charge in [0.05, 0.1) is 17.6 Å². The summed E-state index contributed by atoms with van der Waals surface area (Å²) in [5, 5.41) is 0.764. The van der Waals surface area contributed by atoms with Crippen LogP contribution in [0.3, 0.4) is 0 Å². The van der Waals surface area contributed by atoms with Gasteiger partial charge >= 0.3 is 0 Å². The standard InChI is InChI=1S/C16H17ClN4/c1-21(9-11-3-2-4-12(17)7-11)10-16-19-14-6-5-13(18)8-15(14)20-16/h2-8H,9-10,18H2,1H3,(H,19,20). The summed E-state index contributed by atoms with van der Waals surface area (Å²) < 4.78 is 0. The second kappa shape index (κ2) is 5.76. The molecule has 21 heavy (non-hydrogen) atoms. The molecule has 0 atom stereocenters. The van der Waals surface area contributed by atoms with Crippen molar-refractivity contribution in [3.05, 3.63) is 58.9 Å². The van der Waals surface area contributed by atoms with Crippen molar-refractivity contribution in [2.24, 2.45) is 0 Å². The first-order valence-electron chi connectivity index (χ1n) is 6.77. The van der Waals surface area contributed by atoms with Crippen LogP contribution >= 0.6 is 11.6 Å². The molecule has 0 aliphatic carbocycles. The van der Waals surface area contributed by atoms with Crippen LogP contribution in [0.25, 0.3) is 11.0 Å². The molecule has 4 nitrogen and oxygen atoms in total. The predicted octanol–water partition coefficient (Wildman–Crippen LogP) is 3.43. The number of nitrogens with one attached hydrogen (secondary N) is 1. The second-order valence-electron chi connectivity index (χ2n) is 5.26. The number of nitrogens with zero attached hydrogens (tertiary/aromatic N) is 2. The SMILES string of the molecule is CN(Cc1cccc(Cl)c1)Cc1nc2ccc(N)cc2[nH]1. The molecule has 0 radical (unpaired) electrons. The first kappa shape index (κ1) is 13.9. The van der Waals surface area contributed by atoms with Crippen LogP contribution < -0.4 is 5.73 Å². The lowest BCUT2D eigenvalue weighted by atomic mass is 10.2. The summed E-state index contributed by atoms with van der Waals surface area (Å²) in [6, 6.07) is 13.6. The van der Waals surface area contributed by atoms with E-state index in [4.69, 9.17) is 17.3 Å². The van der Waals surface area contributed by atoms with Gasteiger partial charge in [-0.2, -0.15) is 0 Å². The van der Waals surface area contributed by atoms with Crippen molar-refractivity contribution < 1.29 is 0 Å². The maximum atomic E-state index is 6.01. The van der Waals surface area contributed by atoms with Gasteiger partial charge in [-0.05, 0) is 42.9 Å². The van der Waals surface area contributed by atoms with E-state index in [0.717, 1.165) is 40.7 Å². The Morgan fingerprint density at radius 2 is 2.05 bits per heavy atom. The number of H-pyrrole nitrogens is 1. The maximum Gasteiger partial charge on any atom is 0.121 e. The van der Waals surface area contributed by atoms with Crippen molar-refractivity contribution in [2.75, 3.05) is 12.8 Å². The van der Waals surface area contributed by atoms with E-state index in [1.54, 1.807) is 0 Å². The fourth-order valence-corrected chi connectivity index (χ4v) is 2.63. The summed E-state index contributed by atoms with van der Waals surface area (Å²) in [6.45, 7) is 1.56. The molecule has 108 valence electrons. The molecule has 0 fully saturated rings.